The van der Waals surface area contributed by atoms with Crippen molar-refractivity contribution in [2.45, 2.75) is 13.0 Å². The van der Waals surface area contributed by atoms with Gasteiger partial charge in [0.2, 0.25) is 0 Å². The van der Waals surface area contributed by atoms with Crippen molar-refractivity contribution in [2.24, 2.45) is 5.73 Å². The SMILES string of the molecule is C[C@@H](N)c1cc(F)ccc1N(C)CCO. The number of nitrogens with zero attached hydrogens (tertiary/aromatic N) is 1. The molecule has 0 aliphatic rings. The largest absolute Gasteiger partial charge is 0.395 e. The highest BCUT2D eigenvalue weighted by molar-refractivity contribution is 5.54. The van der Waals surface area contributed by atoms with Crippen LogP contribution in [0.15, 0.2) is 18.2 Å². The smallest absolute Gasteiger partial charge is 0.123 e. The van der Waals surface area contributed by atoms with Gasteiger partial charge in [0, 0.05) is 25.3 Å². The fourth-order valence-corrected chi connectivity index (χ4v) is 1.51. The van der Waals surface area contributed by atoms with Gasteiger partial charge in [-0.2, -0.15) is 0 Å². The third-order valence-corrected chi connectivity index (χ3v) is 2.33. The highest BCUT2D eigenvalue weighted by Gasteiger charge is 2.11. The molecule has 1 rings (SSSR count). The number of rotatable bonds is 4. The molecule has 0 fully saturated rings. The first-order valence-corrected chi connectivity index (χ1v) is 4.93. The summed E-state index contributed by atoms with van der Waals surface area (Å²) in [4.78, 5) is 1.86. The fraction of sp³-hybridized carbons (Fsp3) is 0.455. The van der Waals surface area contributed by atoms with Gasteiger partial charge in [-0.1, -0.05) is 0 Å². The maximum atomic E-state index is 13.0. The molecule has 3 N–H and O–H groups in total. The van der Waals surface area contributed by atoms with Gasteiger partial charge in [-0.3, -0.25) is 0 Å². The molecule has 3 nitrogen and oxygen atoms in total. The summed E-state index contributed by atoms with van der Waals surface area (Å²) in [5.41, 5.74) is 7.38. The molecule has 0 saturated heterocycles. The number of aliphatic hydroxyl groups is 1. The number of nitrogens with two attached hydrogens (primary N) is 1. The predicted octanol–water partition coefficient (Wildman–Crippen LogP) is 1.27. The molecule has 0 unspecified atom stereocenters. The van der Waals surface area contributed by atoms with Crippen LogP contribution < -0.4 is 10.6 Å². The van der Waals surface area contributed by atoms with Crippen LogP contribution in [0, 0.1) is 5.82 Å². The summed E-state index contributed by atoms with van der Waals surface area (Å²) in [5.74, 6) is -0.288. The highest BCUT2D eigenvalue weighted by Crippen LogP contribution is 2.25. The molecule has 0 amide bonds. The monoisotopic (exact) mass is 212 g/mol. The summed E-state index contributed by atoms with van der Waals surface area (Å²) in [7, 11) is 1.84. The Morgan fingerprint density at radius 1 is 1.53 bits per heavy atom. The molecule has 4 heteroatoms. The quantitative estimate of drug-likeness (QED) is 0.790. The number of likely N-dealkylation sites (N-methyl/N-ethyl adjacent to an activating group) is 1. The lowest BCUT2D eigenvalue weighted by Crippen LogP contribution is -2.24. The molecule has 0 aromatic heterocycles. The minimum Gasteiger partial charge on any atom is -0.395 e. The highest BCUT2D eigenvalue weighted by atomic mass is 19.1. The van der Waals surface area contributed by atoms with E-state index < -0.39 is 0 Å². The van der Waals surface area contributed by atoms with Gasteiger partial charge in [0.05, 0.1) is 6.61 Å². The van der Waals surface area contributed by atoms with Crippen LogP contribution in [0.2, 0.25) is 0 Å². The third-order valence-electron chi connectivity index (χ3n) is 2.33. The van der Waals surface area contributed by atoms with E-state index in [4.69, 9.17) is 10.8 Å². The molecule has 0 bridgehead atoms. The van der Waals surface area contributed by atoms with Crippen molar-refractivity contribution >= 4 is 5.69 Å². The van der Waals surface area contributed by atoms with Gasteiger partial charge in [-0.05, 0) is 30.7 Å². The molecular formula is C11H17FN2O. The Hall–Kier alpha value is -1.13. The van der Waals surface area contributed by atoms with Gasteiger partial charge in [-0.15, -0.1) is 0 Å². The van der Waals surface area contributed by atoms with E-state index in [0.717, 1.165) is 11.3 Å². The molecule has 0 aliphatic carbocycles. The number of hydrogen-bond acceptors (Lipinski definition) is 3. The topological polar surface area (TPSA) is 49.5 Å². The Kier molecular flexibility index (Phi) is 4.05. The van der Waals surface area contributed by atoms with Crippen LogP contribution in [0.25, 0.3) is 0 Å². The lowest BCUT2D eigenvalue weighted by Gasteiger charge is -2.23. The van der Waals surface area contributed by atoms with Crippen molar-refractivity contribution in [2.75, 3.05) is 25.1 Å². The third kappa shape index (κ3) is 2.91. The van der Waals surface area contributed by atoms with Crippen LogP contribution >= 0.6 is 0 Å². The van der Waals surface area contributed by atoms with E-state index in [1.165, 1.54) is 12.1 Å². The number of benzene rings is 1. The maximum absolute atomic E-state index is 13.0. The zero-order chi connectivity index (χ0) is 11.4. The normalized spacial score (nSPS) is 12.6. The molecule has 1 atom stereocenters. The predicted molar refractivity (Wildman–Crippen MR) is 59.4 cm³/mol. The first-order valence-electron chi connectivity index (χ1n) is 4.93. The minimum absolute atomic E-state index is 0.0618. The lowest BCUT2D eigenvalue weighted by molar-refractivity contribution is 0.304. The average Bonchev–Trinajstić information content (AvgIpc) is 2.17. The molecular weight excluding hydrogens is 195 g/mol. The molecule has 0 heterocycles. The van der Waals surface area contributed by atoms with Crippen molar-refractivity contribution < 1.29 is 9.50 Å². The summed E-state index contributed by atoms with van der Waals surface area (Å²) in [5, 5.41) is 8.84. The molecule has 1 aromatic carbocycles. The van der Waals surface area contributed by atoms with Gasteiger partial charge in [0.1, 0.15) is 5.82 Å². The number of hydrogen-bond donors (Lipinski definition) is 2. The van der Waals surface area contributed by atoms with Gasteiger partial charge in [-0.25, -0.2) is 4.39 Å². The number of halogens is 1. The van der Waals surface area contributed by atoms with E-state index in [1.54, 1.807) is 6.07 Å². The second-order valence-corrected chi connectivity index (χ2v) is 3.64. The Labute approximate surface area is 89.3 Å². The van der Waals surface area contributed by atoms with Crippen molar-refractivity contribution in [3.8, 4) is 0 Å². The fourth-order valence-electron chi connectivity index (χ4n) is 1.51. The van der Waals surface area contributed by atoms with Gasteiger partial charge < -0.3 is 15.7 Å². The Bertz CT molecular complexity index is 328. The standard InChI is InChI=1S/C11H17FN2O/c1-8(13)10-7-9(12)3-4-11(10)14(2)5-6-15/h3-4,7-8,15H,5-6,13H2,1-2H3/t8-/m1/s1. The van der Waals surface area contributed by atoms with E-state index in [-0.39, 0.29) is 18.5 Å². The van der Waals surface area contributed by atoms with Crippen molar-refractivity contribution in [1.29, 1.82) is 0 Å². The van der Waals surface area contributed by atoms with Crippen LogP contribution in [0.3, 0.4) is 0 Å². The number of aliphatic hydroxyl groups excluding tert-OH is 1. The minimum atomic E-state index is -0.288. The molecule has 0 aliphatic heterocycles. The molecule has 84 valence electrons. The maximum Gasteiger partial charge on any atom is 0.123 e. The molecule has 15 heavy (non-hydrogen) atoms. The van der Waals surface area contributed by atoms with Gasteiger partial charge in [0.25, 0.3) is 0 Å². The van der Waals surface area contributed by atoms with Crippen LogP contribution in [-0.2, 0) is 0 Å². The molecule has 0 spiro atoms. The lowest BCUT2D eigenvalue weighted by atomic mass is 10.1. The van der Waals surface area contributed by atoms with Crippen molar-refractivity contribution in [1.82, 2.24) is 0 Å². The van der Waals surface area contributed by atoms with Crippen LogP contribution in [0.1, 0.15) is 18.5 Å². The van der Waals surface area contributed by atoms with Crippen LogP contribution in [0.5, 0.6) is 0 Å². The van der Waals surface area contributed by atoms with Crippen molar-refractivity contribution in [3.63, 3.8) is 0 Å². The second-order valence-electron chi connectivity index (χ2n) is 3.64. The first-order chi connectivity index (χ1) is 7.06. The number of anilines is 1. The Morgan fingerprint density at radius 2 is 2.20 bits per heavy atom. The zero-order valence-electron chi connectivity index (χ0n) is 9.07. The van der Waals surface area contributed by atoms with Crippen LogP contribution in [0.4, 0.5) is 10.1 Å². The van der Waals surface area contributed by atoms with Gasteiger partial charge >= 0.3 is 0 Å². The van der Waals surface area contributed by atoms with E-state index in [9.17, 15) is 4.39 Å². The second kappa shape index (κ2) is 5.09. The summed E-state index contributed by atoms with van der Waals surface area (Å²) in [6, 6.07) is 4.30. The van der Waals surface area contributed by atoms with E-state index in [0.29, 0.717) is 6.54 Å². The summed E-state index contributed by atoms with van der Waals surface area (Å²) < 4.78 is 13.0. The Morgan fingerprint density at radius 3 is 2.73 bits per heavy atom. The van der Waals surface area contributed by atoms with E-state index in [2.05, 4.69) is 0 Å². The first kappa shape index (κ1) is 11.9. The van der Waals surface area contributed by atoms with E-state index in [1.807, 2.05) is 18.9 Å². The Balaban J connectivity index is 3.05. The summed E-state index contributed by atoms with van der Waals surface area (Å²) in [6.07, 6.45) is 0. The molecule has 1 aromatic rings. The van der Waals surface area contributed by atoms with Crippen LogP contribution in [-0.4, -0.2) is 25.3 Å². The summed E-state index contributed by atoms with van der Waals surface area (Å²) in [6.45, 7) is 2.38. The molecule has 0 saturated carbocycles. The van der Waals surface area contributed by atoms with Crippen molar-refractivity contribution in [3.05, 3.63) is 29.6 Å². The average molecular weight is 212 g/mol. The summed E-state index contributed by atoms with van der Waals surface area (Å²) >= 11 is 0. The zero-order valence-corrected chi connectivity index (χ0v) is 9.07. The van der Waals surface area contributed by atoms with E-state index >= 15 is 0 Å². The molecule has 0 radical (unpaired) electrons. The van der Waals surface area contributed by atoms with Gasteiger partial charge in [0.15, 0.2) is 0 Å².